The van der Waals surface area contributed by atoms with Crippen LogP contribution in [-0.2, 0) is 6.54 Å². The van der Waals surface area contributed by atoms with Gasteiger partial charge >= 0.3 is 0 Å². The first-order valence-corrected chi connectivity index (χ1v) is 8.21. The molecule has 0 aliphatic heterocycles. The lowest BCUT2D eigenvalue weighted by atomic mass is 10.1. The molecule has 0 saturated heterocycles. The number of aryl methyl sites for hydroxylation is 2. The van der Waals surface area contributed by atoms with E-state index in [1.165, 1.54) is 16.7 Å². The highest BCUT2D eigenvalue weighted by Crippen LogP contribution is 2.16. The van der Waals surface area contributed by atoms with E-state index in [0.717, 1.165) is 18.0 Å². The van der Waals surface area contributed by atoms with E-state index in [4.69, 9.17) is 17.0 Å². The number of anilines is 1. The van der Waals surface area contributed by atoms with Gasteiger partial charge in [-0.15, -0.1) is 0 Å². The van der Waals surface area contributed by atoms with Gasteiger partial charge in [0, 0.05) is 19.3 Å². The Morgan fingerprint density at radius 2 is 1.78 bits per heavy atom. The molecule has 2 aromatic carbocycles. The molecule has 0 atom stereocenters. The Morgan fingerprint density at radius 3 is 2.39 bits per heavy atom. The summed E-state index contributed by atoms with van der Waals surface area (Å²) in [6, 6.07) is 14.4. The Labute approximate surface area is 144 Å². The number of nitrogens with zero attached hydrogens (tertiary/aromatic N) is 1. The second kappa shape index (κ2) is 7.97. The van der Waals surface area contributed by atoms with Crippen LogP contribution in [0.2, 0.25) is 0 Å². The Balaban J connectivity index is 1.95. The van der Waals surface area contributed by atoms with Gasteiger partial charge in [0.2, 0.25) is 0 Å². The fraction of sp³-hybridized carbons (Fsp3) is 0.316. The van der Waals surface area contributed by atoms with Crippen molar-refractivity contribution in [2.45, 2.75) is 27.3 Å². The van der Waals surface area contributed by atoms with Crippen molar-refractivity contribution in [3.63, 3.8) is 0 Å². The maximum atomic E-state index is 5.49. The standard InChI is InChI=1S/C19H24N2OS/c1-5-22-18-10-7-16(8-11-18)13-21(4)19(23)20-17-9-6-14(2)15(3)12-17/h6-12H,5,13H2,1-4H3,(H,20,23). The van der Waals surface area contributed by atoms with Gasteiger partial charge in [0.25, 0.3) is 0 Å². The van der Waals surface area contributed by atoms with Gasteiger partial charge in [-0.1, -0.05) is 18.2 Å². The monoisotopic (exact) mass is 328 g/mol. The predicted octanol–water partition coefficient (Wildman–Crippen LogP) is 4.53. The molecule has 0 heterocycles. The minimum atomic E-state index is 0.684. The molecule has 0 amide bonds. The van der Waals surface area contributed by atoms with E-state index in [2.05, 4.69) is 49.5 Å². The van der Waals surface area contributed by atoms with Crippen LogP contribution >= 0.6 is 12.2 Å². The highest BCUT2D eigenvalue weighted by atomic mass is 32.1. The molecule has 0 spiro atoms. The van der Waals surface area contributed by atoms with Crippen LogP contribution in [0.1, 0.15) is 23.6 Å². The Kier molecular flexibility index (Phi) is 5.99. The third kappa shape index (κ3) is 4.96. The van der Waals surface area contributed by atoms with Crippen molar-refractivity contribution >= 4 is 23.0 Å². The fourth-order valence-corrected chi connectivity index (χ4v) is 2.42. The molecule has 0 aromatic heterocycles. The number of thiocarbonyl (C=S) groups is 1. The molecule has 0 fully saturated rings. The van der Waals surface area contributed by atoms with Gasteiger partial charge in [-0.2, -0.15) is 0 Å². The molecule has 0 unspecified atom stereocenters. The molecule has 122 valence electrons. The highest BCUT2D eigenvalue weighted by molar-refractivity contribution is 7.80. The van der Waals surface area contributed by atoms with E-state index in [9.17, 15) is 0 Å². The van der Waals surface area contributed by atoms with Gasteiger partial charge in [-0.25, -0.2) is 0 Å². The summed E-state index contributed by atoms with van der Waals surface area (Å²) in [4.78, 5) is 2.03. The lowest BCUT2D eigenvalue weighted by molar-refractivity contribution is 0.340. The summed E-state index contributed by atoms with van der Waals surface area (Å²) in [6.07, 6.45) is 0. The van der Waals surface area contributed by atoms with Crippen LogP contribution < -0.4 is 10.1 Å². The summed E-state index contributed by atoms with van der Waals surface area (Å²) in [5.41, 5.74) is 4.76. The molecule has 4 heteroatoms. The second-order valence-corrected chi connectivity index (χ2v) is 6.05. The third-order valence-electron chi connectivity index (χ3n) is 3.76. The fourth-order valence-electron chi connectivity index (χ4n) is 2.24. The van der Waals surface area contributed by atoms with E-state index in [1.54, 1.807) is 0 Å². The van der Waals surface area contributed by atoms with Crippen LogP contribution in [0.3, 0.4) is 0 Å². The summed E-state index contributed by atoms with van der Waals surface area (Å²) >= 11 is 5.49. The quantitative estimate of drug-likeness (QED) is 0.815. The van der Waals surface area contributed by atoms with Crippen LogP contribution in [-0.4, -0.2) is 23.7 Å². The van der Waals surface area contributed by atoms with Crippen molar-refractivity contribution in [3.05, 3.63) is 59.2 Å². The van der Waals surface area contributed by atoms with E-state index in [-0.39, 0.29) is 0 Å². The van der Waals surface area contributed by atoms with Crippen molar-refractivity contribution in [2.75, 3.05) is 19.0 Å². The zero-order valence-electron chi connectivity index (χ0n) is 14.2. The molecule has 3 nitrogen and oxygen atoms in total. The summed E-state index contributed by atoms with van der Waals surface area (Å²) in [6.45, 7) is 7.63. The van der Waals surface area contributed by atoms with Crippen LogP contribution in [0.4, 0.5) is 5.69 Å². The van der Waals surface area contributed by atoms with Crippen LogP contribution in [0, 0.1) is 13.8 Å². The number of hydrogen-bond acceptors (Lipinski definition) is 2. The number of rotatable bonds is 5. The Hall–Kier alpha value is -2.07. The summed E-state index contributed by atoms with van der Waals surface area (Å²) < 4.78 is 5.46. The van der Waals surface area contributed by atoms with Crippen molar-refractivity contribution in [2.24, 2.45) is 0 Å². The molecule has 0 bridgehead atoms. The van der Waals surface area contributed by atoms with Gasteiger partial charge < -0.3 is 15.0 Å². The minimum Gasteiger partial charge on any atom is -0.494 e. The number of benzene rings is 2. The number of nitrogens with one attached hydrogen (secondary N) is 1. The van der Waals surface area contributed by atoms with Crippen molar-refractivity contribution in [1.29, 1.82) is 0 Å². The number of ether oxygens (including phenoxy) is 1. The molecule has 2 aromatic rings. The molecule has 2 rings (SSSR count). The maximum Gasteiger partial charge on any atom is 0.173 e. The molecule has 23 heavy (non-hydrogen) atoms. The topological polar surface area (TPSA) is 24.5 Å². The first-order chi connectivity index (χ1) is 11.0. The average molecular weight is 328 g/mol. The van der Waals surface area contributed by atoms with E-state index < -0.39 is 0 Å². The Morgan fingerprint density at radius 1 is 1.09 bits per heavy atom. The second-order valence-electron chi connectivity index (χ2n) is 5.66. The lowest BCUT2D eigenvalue weighted by Gasteiger charge is -2.21. The van der Waals surface area contributed by atoms with Crippen LogP contribution in [0.5, 0.6) is 5.75 Å². The van der Waals surface area contributed by atoms with E-state index in [1.807, 2.05) is 31.0 Å². The van der Waals surface area contributed by atoms with Gasteiger partial charge in [-0.3, -0.25) is 0 Å². The number of hydrogen-bond donors (Lipinski definition) is 1. The molecule has 0 radical (unpaired) electrons. The largest absolute Gasteiger partial charge is 0.494 e. The van der Waals surface area contributed by atoms with Gasteiger partial charge in [-0.05, 0) is 73.9 Å². The van der Waals surface area contributed by atoms with Gasteiger partial charge in [0.15, 0.2) is 5.11 Å². The molecular weight excluding hydrogens is 304 g/mol. The van der Waals surface area contributed by atoms with E-state index >= 15 is 0 Å². The first kappa shape index (κ1) is 17.3. The van der Waals surface area contributed by atoms with E-state index in [0.29, 0.717) is 11.7 Å². The maximum absolute atomic E-state index is 5.49. The van der Waals surface area contributed by atoms with Crippen molar-refractivity contribution in [1.82, 2.24) is 4.90 Å². The van der Waals surface area contributed by atoms with Crippen molar-refractivity contribution in [3.8, 4) is 5.75 Å². The molecule has 0 saturated carbocycles. The summed E-state index contributed by atoms with van der Waals surface area (Å²) in [5, 5.41) is 4.00. The minimum absolute atomic E-state index is 0.684. The van der Waals surface area contributed by atoms with Gasteiger partial charge in [0.1, 0.15) is 5.75 Å². The first-order valence-electron chi connectivity index (χ1n) is 7.80. The van der Waals surface area contributed by atoms with Gasteiger partial charge in [0.05, 0.1) is 6.61 Å². The van der Waals surface area contributed by atoms with Crippen LogP contribution in [0.25, 0.3) is 0 Å². The average Bonchev–Trinajstić information content (AvgIpc) is 2.53. The third-order valence-corrected chi connectivity index (χ3v) is 4.17. The smallest absolute Gasteiger partial charge is 0.173 e. The summed E-state index contributed by atoms with van der Waals surface area (Å²) in [7, 11) is 1.99. The molecule has 0 aliphatic carbocycles. The predicted molar refractivity (Wildman–Crippen MR) is 101 cm³/mol. The lowest BCUT2D eigenvalue weighted by Crippen LogP contribution is -2.30. The van der Waals surface area contributed by atoms with Crippen LogP contribution in [0.15, 0.2) is 42.5 Å². The summed E-state index contributed by atoms with van der Waals surface area (Å²) in [5.74, 6) is 0.898. The zero-order valence-corrected chi connectivity index (χ0v) is 15.0. The molecule has 1 N–H and O–H groups in total. The van der Waals surface area contributed by atoms with Crippen molar-refractivity contribution < 1.29 is 4.74 Å². The SMILES string of the molecule is CCOc1ccc(CN(C)C(=S)Nc2ccc(C)c(C)c2)cc1. The molecule has 0 aliphatic rings. The highest BCUT2D eigenvalue weighted by Gasteiger charge is 2.06. The Bertz CT molecular complexity index is 668. The zero-order chi connectivity index (χ0) is 16.8. The normalized spacial score (nSPS) is 10.3. The molecular formula is C19H24N2OS.